The highest BCUT2D eigenvalue weighted by Gasteiger charge is 2.39. The number of hydrogen-bond donors (Lipinski definition) is 4. The summed E-state index contributed by atoms with van der Waals surface area (Å²) < 4.78 is 5.51. The van der Waals surface area contributed by atoms with Gasteiger partial charge < -0.3 is 20.9 Å². The van der Waals surface area contributed by atoms with Crippen LogP contribution in [-0.2, 0) is 9.53 Å². The van der Waals surface area contributed by atoms with Crippen LogP contribution in [0.1, 0.15) is 40.0 Å². The van der Waals surface area contributed by atoms with Crippen LogP contribution in [0, 0.1) is 0 Å². The smallest absolute Gasteiger partial charge is 0.414 e. The average molecular weight is 391 g/mol. The maximum absolute atomic E-state index is 13.0. The fourth-order valence-electron chi connectivity index (χ4n) is 3.16. The molecule has 5 N–H and O–H groups in total. The number of carbonyl (C=O) groups is 2. The summed E-state index contributed by atoms with van der Waals surface area (Å²) >= 11 is 0. The van der Waals surface area contributed by atoms with Crippen molar-refractivity contribution >= 4 is 18.0 Å². The van der Waals surface area contributed by atoms with Gasteiger partial charge in [0, 0.05) is 6.54 Å². The molecule has 2 amide bonds. The van der Waals surface area contributed by atoms with Gasteiger partial charge in [-0.1, -0.05) is 32.1 Å². The summed E-state index contributed by atoms with van der Waals surface area (Å²) in [6, 6.07) is -0.584. The van der Waals surface area contributed by atoms with Crippen molar-refractivity contribution in [2.45, 2.75) is 52.2 Å². The van der Waals surface area contributed by atoms with E-state index < -0.39 is 24.1 Å². The monoisotopic (exact) mass is 391 g/mol. The predicted molar refractivity (Wildman–Crippen MR) is 106 cm³/mol. The molecule has 2 atom stereocenters. The molecule has 0 spiro atoms. The highest BCUT2D eigenvalue weighted by Crippen LogP contribution is 2.26. The normalized spacial score (nSPS) is 21.5. The molecule has 2 heterocycles. The van der Waals surface area contributed by atoms with Gasteiger partial charge in [-0.3, -0.25) is 15.0 Å². The number of aliphatic hydroxyl groups excluding tert-OH is 1. The van der Waals surface area contributed by atoms with Gasteiger partial charge in [0.2, 0.25) is 11.9 Å². The van der Waals surface area contributed by atoms with E-state index in [-0.39, 0.29) is 25.5 Å². The highest BCUT2D eigenvalue weighted by atomic mass is 16.6. The molecule has 154 valence electrons. The first-order valence-electron chi connectivity index (χ1n) is 9.48. The van der Waals surface area contributed by atoms with Crippen LogP contribution < -0.4 is 16.4 Å². The molecule has 9 nitrogen and oxygen atoms in total. The lowest BCUT2D eigenvalue weighted by molar-refractivity contribution is -0.119. The number of nitrogens with two attached hydrogens (primary N) is 1. The molecule has 2 aliphatic heterocycles. The van der Waals surface area contributed by atoms with E-state index in [1.54, 1.807) is 0 Å². The molecule has 0 fully saturated rings. The molecule has 2 unspecified atom stereocenters. The molecule has 28 heavy (non-hydrogen) atoms. The van der Waals surface area contributed by atoms with Crippen LogP contribution in [0.15, 0.2) is 40.3 Å². The molecule has 0 bridgehead atoms. The Morgan fingerprint density at radius 1 is 1.50 bits per heavy atom. The highest BCUT2D eigenvalue weighted by molar-refractivity contribution is 5.98. The molecule has 0 aliphatic carbocycles. The zero-order valence-electron chi connectivity index (χ0n) is 16.6. The Hall–Kier alpha value is -2.81. The number of hydrogen-bond acceptors (Lipinski definition) is 7. The second-order valence-corrected chi connectivity index (χ2v) is 6.55. The van der Waals surface area contributed by atoms with Gasteiger partial charge in [0.15, 0.2) is 5.82 Å². The second-order valence-electron chi connectivity index (χ2n) is 6.55. The van der Waals surface area contributed by atoms with Crippen molar-refractivity contribution in [3.05, 3.63) is 35.3 Å². The molecule has 0 aromatic heterocycles. The van der Waals surface area contributed by atoms with Gasteiger partial charge in [0.25, 0.3) is 0 Å². The minimum absolute atomic E-state index is 0.0495. The van der Waals surface area contributed by atoms with Crippen LogP contribution in [0.3, 0.4) is 0 Å². The van der Waals surface area contributed by atoms with Gasteiger partial charge in [0.1, 0.15) is 6.61 Å². The van der Waals surface area contributed by atoms with Crippen molar-refractivity contribution in [1.82, 2.24) is 15.5 Å². The van der Waals surface area contributed by atoms with Crippen LogP contribution in [0.25, 0.3) is 0 Å². The first-order chi connectivity index (χ1) is 13.4. The Labute approximate surface area is 165 Å². The van der Waals surface area contributed by atoms with Crippen LogP contribution in [0.4, 0.5) is 4.79 Å². The van der Waals surface area contributed by atoms with E-state index in [0.29, 0.717) is 17.9 Å². The number of rotatable bonds is 6. The van der Waals surface area contributed by atoms with E-state index in [9.17, 15) is 14.7 Å². The number of amides is 2. The van der Waals surface area contributed by atoms with Gasteiger partial charge in [-0.2, -0.15) is 4.99 Å². The summed E-state index contributed by atoms with van der Waals surface area (Å²) in [5.74, 6) is -0.116. The van der Waals surface area contributed by atoms with Crippen molar-refractivity contribution in [2.24, 2.45) is 10.7 Å². The third-order valence-electron chi connectivity index (χ3n) is 4.47. The number of aliphatic hydroxyl groups is 1. The fraction of sp³-hybridized carbons (Fsp3) is 0.526. The third-order valence-corrected chi connectivity index (χ3v) is 4.47. The summed E-state index contributed by atoms with van der Waals surface area (Å²) in [5, 5.41) is 15.9. The number of allylic oxidation sites excluding steroid dienone is 2. The van der Waals surface area contributed by atoms with Gasteiger partial charge in [-0.15, -0.1) is 0 Å². The molecule has 0 aromatic carbocycles. The number of aliphatic imine (C=N–C) groups is 1. The van der Waals surface area contributed by atoms with Crippen LogP contribution >= 0.6 is 0 Å². The fourth-order valence-corrected chi connectivity index (χ4v) is 3.16. The zero-order chi connectivity index (χ0) is 20.7. The van der Waals surface area contributed by atoms with E-state index in [4.69, 9.17) is 10.5 Å². The minimum atomic E-state index is -0.789. The standard InChI is InChI=1S/C19H29N5O4/c1-4-7-12(8-5-2)11-28-19(27)24-13-9-16(26)22-18(20)23-17(13)21-10-14(24)15(25)6-3/h4,7-8,14-15,21,25H,5-6,9-11H2,1-3H3,(H3,20,22,23,26)/b7-4-,12-8+. The third kappa shape index (κ3) is 5.13. The Balaban J connectivity index is 2.32. The second kappa shape index (κ2) is 9.93. The van der Waals surface area contributed by atoms with Crippen molar-refractivity contribution in [3.8, 4) is 0 Å². The zero-order valence-corrected chi connectivity index (χ0v) is 16.6. The maximum atomic E-state index is 13.0. The summed E-state index contributed by atoms with van der Waals surface area (Å²) in [7, 11) is 0. The van der Waals surface area contributed by atoms with E-state index >= 15 is 0 Å². The average Bonchev–Trinajstić information content (AvgIpc) is 2.80. The number of nitrogens with one attached hydrogen (secondary N) is 2. The van der Waals surface area contributed by atoms with Crippen LogP contribution in [0.5, 0.6) is 0 Å². The maximum Gasteiger partial charge on any atom is 0.414 e. The van der Waals surface area contributed by atoms with E-state index in [2.05, 4.69) is 15.6 Å². The summed E-state index contributed by atoms with van der Waals surface area (Å²) in [5.41, 5.74) is 6.89. The molecule has 0 saturated heterocycles. The lowest BCUT2D eigenvalue weighted by Gasteiger charge is -2.39. The first kappa shape index (κ1) is 21.5. The van der Waals surface area contributed by atoms with Crippen molar-refractivity contribution < 1.29 is 19.4 Å². The number of ether oxygens (including phenoxy) is 1. The summed E-state index contributed by atoms with van der Waals surface area (Å²) in [6.07, 6.45) is 5.43. The Bertz CT molecular complexity index is 726. The van der Waals surface area contributed by atoms with E-state index in [1.165, 1.54) is 4.90 Å². The SMILES string of the molecule is C/C=C\C(=C/CC)COC(=O)N1C2=C(N=C(N)NC(=O)C2)NCC1C(O)CC. The van der Waals surface area contributed by atoms with E-state index in [1.807, 2.05) is 39.0 Å². The molecular weight excluding hydrogens is 362 g/mol. The molecule has 2 aliphatic rings. The van der Waals surface area contributed by atoms with E-state index in [0.717, 1.165) is 12.0 Å². The lowest BCUT2D eigenvalue weighted by Crippen LogP contribution is -2.55. The Kier molecular flexibility index (Phi) is 7.62. The molecular formula is C19H29N5O4. The summed E-state index contributed by atoms with van der Waals surface area (Å²) in [6.45, 7) is 6.07. The van der Waals surface area contributed by atoms with Gasteiger partial charge in [-0.05, 0) is 25.3 Å². The number of guanidine groups is 1. The van der Waals surface area contributed by atoms with Crippen LogP contribution in [-0.4, -0.2) is 53.3 Å². The number of nitrogens with zero attached hydrogens (tertiary/aromatic N) is 2. The largest absolute Gasteiger partial charge is 0.444 e. The Morgan fingerprint density at radius 2 is 2.25 bits per heavy atom. The summed E-state index contributed by atoms with van der Waals surface area (Å²) in [4.78, 5) is 30.5. The van der Waals surface area contributed by atoms with Crippen molar-refractivity contribution in [2.75, 3.05) is 13.2 Å². The first-order valence-corrected chi connectivity index (χ1v) is 9.48. The number of carbonyl (C=O) groups excluding carboxylic acids is 2. The molecule has 0 saturated carbocycles. The quantitative estimate of drug-likeness (QED) is 0.502. The minimum Gasteiger partial charge on any atom is -0.444 e. The molecule has 9 heteroatoms. The van der Waals surface area contributed by atoms with Crippen molar-refractivity contribution in [3.63, 3.8) is 0 Å². The molecule has 0 aromatic rings. The molecule has 2 rings (SSSR count). The van der Waals surface area contributed by atoms with Gasteiger partial charge >= 0.3 is 6.09 Å². The van der Waals surface area contributed by atoms with Crippen LogP contribution in [0.2, 0.25) is 0 Å². The van der Waals surface area contributed by atoms with Gasteiger partial charge in [0.05, 0.1) is 24.3 Å². The lowest BCUT2D eigenvalue weighted by atomic mass is 10.0. The molecule has 0 radical (unpaired) electrons. The van der Waals surface area contributed by atoms with Gasteiger partial charge in [-0.25, -0.2) is 4.79 Å². The predicted octanol–water partition coefficient (Wildman–Crippen LogP) is 1.08. The topological polar surface area (TPSA) is 129 Å². The van der Waals surface area contributed by atoms with Crippen molar-refractivity contribution in [1.29, 1.82) is 0 Å². The Morgan fingerprint density at radius 3 is 2.89 bits per heavy atom.